The SMILES string of the molecule is Cc1cc([N+](=O)[O-])ccc1S(=O)(=O)NCC1CCC(O)C1. The number of nitrogens with zero attached hydrogens (tertiary/aromatic N) is 1. The highest BCUT2D eigenvalue weighted by molar-refractivity contribution is 7.89. The minimum Gasteiger partial charge on any atom is -0.393 e. The van der Waals surface area contributed by atoms with E-state index in [-0.39, 0.29) is 29.1 Å². The molecule has 0 heterocycles. The largest absolute Gasteiger partial charge is 0.393 e. The predicted octanol–water partition coefficient (Wildman–Crippen LogP) is 1.34. The van der Waals surface area contributed by atoms with Crippen LogP contribution >= 0.6 is 0 Å². The molecule has 0 radical (unpaired) electrons. The van der Waals surface area contributed by atoms with Gasteiger partial charge in [-0.25, -0.2) is 13.1 Å². The maximum Gasteiger partial charge on any atom is 0.269 e. The Balaban J connectivity index is 2.10. The second-order valence-corrected chi connectivity index (χ2v) is 7.13. The fraction of sp³-hybridized carbons (Fsp3) is 0.538. The van der Waals surface area contributed by atoms with Crippen LogP contribution in [0.2, 0.25) is 0 Å². The smallest absolute Gasteiger partial charge is 0.269 e. The van der Waals surface area contributed by atoms with E-state index in [4.69, 9.17) is 0 Å². The van der Waals surface area contributed by atoms with E-state index >= 15 is 0 Å². The van der Waals surface area contributed by atoms with Crippen LogP contribution in [-0.4, -0.2) is 31.1 Å². The first-order chi connectivity index (χ1) is 9.79. The van der Waals surface area contributed by atoms with Crippen molar-refractivity contribution in [1.82, 2.24) is 4.72 Å². The first kappa shape index (κ1) is 15.9. The number of nitrogens with one attached hydrogen (secondary N) is 1. The standard InChI is InChI=1S/C13H18N2O5S/c1-9-6-11(15(17)18)3-5-13(9)21(19,20)14-8-10-2-4-12(16)7-10/h3,5-6,10,12,14,16H,2,4,7-8H2,1H3. The summed E-state index contributed by atoms with van der Waals surface area (Å²) in [5, 5.41) is 20.1. The third-order valence-corrected chi connectivity index (χ3v) is 5.32. The van der Waals surface area contributed by atoms with Gasteiger partial charge in [0.2, 0.25) is 10.0 Å². The average molecular weight is 314 g/mol. The Morgan fingerprint density at radius 1 is 1.43 bits per heavy atom. The molecule has 0 spiro atoms. The molecule has 7 nitrogen and oxygen atoms in total. The molecule has 2 rings (SSSR count). The van der Waals surface area contributed by atoms with Gasteiger partial charge in [0, 0.05) is 18.7 Å². The van der Waals surface area contributed by atoms with Crippen molar-refractivity contribution in [2.24, 2.45) is 5.92 Å². The van der Waals surface area contributed by atoms with Crippen LogP contribution in [0.5, 0.6) is 0 Å². The third kappa shape index (κ3) is 3.78. The molecule has 1 aliphatic rings. The minimum atomic E-state index is -3.69. The summed E-state index contributed by atoms with van der Waals surface area (Å²) in [5.41, 5.74) is 0.202. The molecule has 1 aromatic rings. The second-order valence-electron chi connectivity index (χ2n) is 5.39. The first-order valence-electron chi connectivity index (χ1n) is 6.72. The quantitative estimate of drug-likeness (QED) is 0.629. The number of aryl methyl sites for hydroxylation is 1. The zero-order chi connectivity index (χ0) is 15.6. The van der Waals surface area contributed by atoms with E-state index in [0.29, 0.717) is 18.4 Å². The highest BCUT2D eigenvalue weighted by Crippen LogP contribution is 2.26. The van der Waals surface area contributed by atoms with Gasteiger partial charge in [0.05, 0.1) is 15.9 Å². The molecule has 2 N–H and O–H groups in total. The van der Waals surface area contributed by atoms with Crippen LogP contribution in [0.4, 0.5) is 5.69 Å². The molecule has 0 bridgehead atoms. The van der Waals surface area contributed by atoms with Crippen LogP contribution in [0, 0.1) is 23.0 Å². The van der Waals surface area contributed by atoms with Gasteiger partial charge >= 0.3 is 0 Å². The van der Waals surface area contributed by atoms with Gasteiger partial charge in [0.1, 0.15) is 0 Å². The van der Waals surface area contributed by atoms with Crippen molar-refractivity contribution >= 4 is 15.7 Å². The topological polar surface area (TPSA) is 110 Å². The van der Waals surface area contributed by atoms with E-state index in [1.165, 1.54) is 25.1 Å². The normalized spacial score (nSPS) is 22.4. The molecule has 116 valence electrons. The van der Waals surface area contributed by atoms with Crippen LogP contribution in [-0.2, 0) is 10.0 Å². The highest BCUT2D eigenvalue weighted by atomic mass is 32.2. The Kier molecular flexibility index (Phi) is 4.60. The van der Waals surface area contributed by atoms with Gasteiger partial charge in [0.25, 0.3) is 5.69 Å². The average Bonchev–Trinajstić information content (AvgIpc) is 2.82. The number of benzene rings is 1. The van der Waals surface area contributed by atoms with Crippen LogP contribution in [0.1, 0.15) is 24.8 Å². The van der Waals surface area contributed by atoms with E-state index in [2.05, 4.69) is 4.72 Å². The highest BCUT2D eigenvalue weighted by Gasteiger charge is 2.25. The van der Waals surface area contributed by atoms with Crippen molar-refractivity contribution in [1.29, 1.82) is 0 Å². The minimum absolute atomic E-state index is 0.0478. The molecular weight excluding hydrogens is 296 g/mol. The molecule has 1 saturated carbocycles. The lowest BCUT2D eigenvalue weighted by Gasteiger charge is -2.12. The summed E-state index contributed by atoms with van der Waals surface area (Å²) in [6.45, 7) is 1.80. The van der Waals surface area contributed by atoms with Crippen molar-refractivity contribution in [2.45, 2.75) is 37.2 Å². The van der Waals surface area contributed by atoms with E-state index in [1.54, 1.807) is 0 Å². The zero-order valence-corrected chi connectivity index (χ0v) is 12.5. The number of hydrogen-bond donors (Lipinski definition) is 2. The number of non-ortho nitro benzene ring substituents is 1. The molecular formula is C13H18N2O5S. The van der Waals surface area contributed by atoms with Gasteiger partial charge in [-0.2, -0.15) is 0 Å². The Hall–Kier alpha value is -1.51. The number of nitro benzene ring substituents is 1. The molecule has 2 atom stereocenters. The van der Waals surface area contributed by atoms with Crippen LogP contribution < -0.4 is 4.72 Å². The lowest BCUT2D eigenvalue weighted by atomic mass is 10.1. The molecule has 0 saturated heterocycles. The summed E-state index contributed by atoms with van der Waals surface area (Å²) < 4.78 is 27.0. The van der Waals surface area contributed by atoms with E-state index in [1.807, 2.05) is 0 Å². The van der Waals surface area contributed by atoms with Crippen molar-refractivity contribution in [3.63, 3.8) is 0 Å². The molecule has 1 aliphatic carbocycles. The number of nitro groups is 1. The summed E-state index contributed by atoms with van der Waals surface area (Å²) in [6, 6.07) is 3.67. The summed E-state index contributed by atoms with van der Waals surface area (Å²) in [4.78, 5) is 10.2. The van der Waals surface area contributed by atoms with Gasteiger partial charge < -0.3 is 5.11 Å². The summed E-state index contributed by atoms with van der Waals surface area (Å²) >= 11 is 0. The predicted molar refractivity (Wildman–Crippen MR) is 76.4 cm³/mol. The number of rotatable bonds is 5. The van der Waals surface area contributed by atoms with Gasteiger partial charge in [-0.1, -0.05) is 0 Å². The lowest BCUT2D eigenvalue weighted by molar-refractivity contribution is -0.385. The summed E-state index contributed by atoms with van der Waals surface area (Å²) in [5.74, 6) is 0.133. The van der Waals surface area contributed by atoms with E-state index in [0.717, 1.165) is 6.42 Å². The fourth-order valence-electron chi connectivity index (χ4n) is 2.59. The Labute approximate surface area is 123 Å². The molecule has 1 fully saturated rings. The molecule has 2 unspecified atom stereocenters. The molecule has 0 aromatic heterocycles. The fourth-order valence-corrected chi connectivity index (χ4v) is 3.93. The van der Waals surface area contributed by atoms with E-state index in [9.17, 15) is 23.6 Å². The molecule has 0 aliphatic heterocycles. The second kappa shape index (κ2) is 6.08. The zero-order valence-electron chi connectivity index (χ0n) is 11.7. The Bertz CT molecular complexity index is 644. The number of sulfonamides is 1. The monoisotopic (exact) mass is 314 g/mol. The molecule has 0 amide bonds. The van der Waals surface area contributed by atoms with Gasteiger partial charge in [0.15, 0.2) is 0 Å². The van der Waals surface area contributed by atoms with Gasteiger partial charge in [-0.15, -0.1) is 0 Å². The van der Waals surface area contributed by atoms with Crippen LogP contribution in [0.3, 0.4) is 0 Å². The van der Waals surface area contributed by atoms with Crippen LogP contribution in [0.25, 0.3) is 0 Å². The Morgan fingerprint density at radius 2 is 2.14 bits per heavy atom. The van der Waals surface area contributed by atoms with E-state index < -0.39 is 14.9 Å². The van der Waals surface area contributed by atoms with Gasteiger partial charge in [-0.05, 0) is 43.7 Å². The number of aliphatic hydroxyl groups is 1. The number of aliphatic hydroxyl groups excluding tert-OH is 1. The summed E-state index contributed by atoms with van der Waals surface area (Å²) in [7, 11) is -3.69. The van der Waals surface area contributed by atoms with Crippen LogP contribution in [0.15, 0.2) is 23.1 Å². The molecule has 8 heteroatoms. The third-order valence-electron chi connectivity index (χ3n) is 3.73. The summed E-state index contributed by atoms with van der Waals surface area (Å²) in [6.07, 6.45) is 1.74. The Morgan fingerprint density at radius 3 is 2.67 bits per heavy atom. The number of hydrogen-bond acceptors (Lipinski definition) is 5. The lowest BCUT2D eigenvalue weighted by Crippen LogP contribution is -2.29. The maximum atomic E-state index is 12.2. The maximum absolute atomic E-state index is 12.2. The first-order valence-corrected chi connectivity index (χ1v) is 8.20. The van der Waals surface area contributed by atoms with Crippen molar-refractivity contribution in [3.05, 3.63) is 33.9 Å². The molecule has 21 heavy (non-hydrogen) atoms. The van der Waals surface area contributed by atoms with Crippen molar-refractivity contribution < 1.29 is 18.4 Å². The van der Waals surface area contributed by atoms with Crippen molar-refractivity contribution in [3.8, 4) is 0 Å². The van der Waals surface area contributed by atoms with Crippen molar-refractivity contribution in [2.75, 3.05) is 6.54 Å². The van der Waals surface area contributed by atoms with Gasteiger partial charge in [-0.3, -0.25) is 10.1 Å². The molecule has 1 aromatic carbocycles.